The molecule has 1 aliphatic rings. The summed E-state index contributed by atoms with van der Waals surface area (Å²) in [5, 5.41) is 2.00. The van der Waals surface area contributed by atoms with Crippen LogP contribution in [-0.2, 0) is 6.54 Å². The van der Waals surface area contributed by atoms with Crippen molar-refractivity contribution in [1.29, 1.82) is 0 Å². The Bertz CT molecular complexity index is 939. The monoisotopic (exact) mass is 349 g/mol. The van der Waals surface area contributed by atoms with Gasteiger partial charge in [0.05, 0.1) is 0 Å². The number of nitrogens with zero attached hydrogens (tertiary/aromatic N) is 2. The molecule has 1 N–H and O–H groups in total. The highest BCUT2D eigenvalue weighted by molar-refractivity contribution is 6.30. The lowest BCUT2D eigenvalue weighted by Crippen LogP contribution is -2.27. The second-order valence-electron chi connectivity index (χ2n) is 6.37. The van der Waals surface area contributed by atoms with Gasteiger partial charge in [-0.1, -0.05) is 42.0 Å². The van der Waals surface area contributed by atoms with Crippen LogP contribution >= 0.6 is 11.6 Å². The fourth-order valence-corrected chi connectivity index (χ4v) is 3.42. The molecule has 0 unspecified atom stereocenters. The van der Waals surface area contributed by atoms with E-state index in [1.54, 1.807) is 0 Å². The maximum atomic E-state index is 6.03. The van der Waals surface area contributed by atoms with E-state index in [-0.39, 0.29) is 0 Å². The first kappa shape index (κ1) is 16.1. The number of rotatable bonds is 4. The predicted molar refractivity (Wildman–Crippen MR) is 105 cm³/mol. The Morgan fingerprint density at radius 2 is 2.16 bits per heavy atom. The van der Waals surface area contributed by atoms with E-state index in [1.807, 2.05) is 30.5 Å². The van der Waals surface area contributed by atoms with Crippen LogP contribution in [0.25, 0.3) is 17.1 Å². The minimum Gasteiger partial charge on any atom is -0.346 e. The summed E-state index contributed by atoms with van der Waals surface area (Å²) in [5.41, 5.74) is 4.81. The molecule has 126 valence electrons. The van der Waals surface area contributed by atoms with Crippen molar-refractivity contribution in [3.63, 3.8) is 0 Å². The normalized spacial score (nSPS) is 15.8. The van der Waals surface area contributed by atoms with Gasteiger partial charge in [0.1, 0.15) is 5.65 Å². The average molecular weight is 350 g/mol. The van der Waals surface area contributed by atoms with E-state index in [1.165, 1.54) is 16.5 Å². The van der Waals surface area contributed by atoms with Crippen LogP contribution < -0.4 is 0 Å². The molecular weight excluding hydrogens is 330 g/mol. The Kier molecular flexibility index (Phi) is 4.68. The van der Waals surface area contributed by atoms with Gasteiger partial charge in [0.25, 0.3) is 0 Å². The van der Waals surface area contributed by atoms with E-state index in [0.717, 1.165) is 42.3 Å². The van der Waals surface area contributed by atoms with Gasteiger partial charge < -0.3 is 4.98 Å². The molecule has 0 spiro atoms. The second-order valence-corrected chi connectivity index (χ2v) is 6.80. The standard InChI is InChI=1S/C21H20ClN3/c22-19-4-1-3-17(13-19)7-6-16-8-11-25(12-9-16)15-18-14-24-21-20(18)5-2-10-23-21/h1-8,10,13-14H,9,11-12,15H2,(H,23,24). The van der Waals surface area contributed by atoms with Crippen molar-refractivity contribution in [2.75, 3.05) is 13.1 Å². The van der Waals surface area contributed by atoms with E-state index >= 15 is 0 Å². The number of allylic oxidation sites excluding steroid dienone is 1. The van der Waals surface area contributed by atoms with Crippen LogP contribution in [0.15, 0.2) is 66.5 Å². The maximum Gasteiger partial charge on any atom is 0.137 e. The highest BCUT2D eigenvalue weighted by Gasteiger charge is 2.13. The second kappa shape index (κ2) is 7.26. The summed E-state index contributed by atoms with van der Waals surface area (Å²) in [6.07, 6.45) is 11.6. The molecule has 3 nitrogen and oxygen atoms in total. The molecule has 0 radical (unpaired) electrons. The summed E-state index contributed by atoms with van der Waals surface area (Å²) < 4.78 is 0. The molecule has 4 heteroatoms. The Labute approximate surface area is 152 Å². The molecule has 0 bridgehead atoms. The van der Waals surface area contributed by atoms with Crippen LogP contribution in [0, 0.1) is 0 Å². The number of H-pyrrole nitrogens is 1. The van der Waals surface area contributed by atoms with Gasteiger partial charge in [-0.25, -0.2) is 4.98 Å². The topological polar surface area (TPSA) is 31.9 Å². The molecule has 1 aliphatic heterocycles. The molecule has 1 aromatic carbocycles. The molecule has 0 saturated carbocycles. The van der Waals surface area contributed by atoms with Gasteiger partial charge in [-0.2, -0.15) is 0 Å². The Morgan fingerprint density at radius 1 is 1.20 bits per heavy atom. The number of hydrogen-bond donors (Lipinski definition) is 1. The molecule has 3 aromatic rings. The minimum absolute atomic E-state index is 0.777. The number of benzene rings is 1. The van der Waals surface area contributed by atoms with E-state index in [2.05, 4.69) is 51.4 Å². The molecule has 4 rings (SSSR count). The zero-order chi connectivity index (χ0) is 17.1. The summed E-state index contributed by atoms with van der Waals surface area (Å²) in [6.45, 7) is 2.99. The van der Waals surface area contributed by atoms with Crippen molar-refractivity contribution in [2.45, 2.75) is 13.0 Å². The van der Waals surface area contributed by atoms with E-state index in [9.17, 15) is 0 Å². The van der Waals surface area contributed by atoms with Gasteiger partial charge in [0, 0.05) is 42.4 Å². The van der Waals surface area contributed by atoms with Crippen LogP contribution in [0.4, 0.5) is 0 Å². The first-order valence-corrected chi connectivity index (χ1v) is 8.92. The molecule has 25 heavy (non-hydrogen) atoms. The zero-order valence-corrected chi connectivity index (χ0v) is 14.7. The van der Waals surface area contributed by atoms with Crippen molar-refractivity contribution in [2.24, 2.45) is 0 Å². The predicted octanol–water partition coefficient (Wildman–Crippen LogP) is 5.06. The van der Waals surface area contributed by atoms with Crippen LogP contribution in [0.2, 0.25) is 5.02 Å². The molecule has 0 atom stereocenters. The zero-order valence-electron chi connectivity index (χ0n) is 14.0. The third-order valence-electron chi connectivity index (χ3n) is 4.60. The van der Waals surface area contributed by atoms with Crippen molar-refractivity contribution < 1.29 is 0 Å². The quantitative estimate of drug-likeness (QED) is 0.713. The summed E-state index contributed by atoms with van der Waals surface area (Å²) in [4.78, 5) is 10.1. The number of hydrogen-bond acceptors (Lipinski definition) is 2. The number of aromatic nitrogens is 2. The highest BCUT2D eigenvalue weighted by atomic mass is 35.5. The van der Waals surface area contributed by atoms with Crippen LogP contribution in [-0.4, -0.2) is 28.0 Å². The van der Waals surface area contributed by atoms with Crippen molar-refractivity contribution in [1.82, 2.24) is 14.9 Å². The van der Waals surface area contributed by atoms with Gasteiger partial charge in [-0.3, -0.25) is 4.90 Å². The van der Waals surface area contributed by atoms with Gasteiger partial charge in [-0.05, 0) is 47.4 Å². The lowest BCUT2D eigenvalue weighted by Gasteiger charge is -2.25. The number of nitrogens with one attached hydrogen (secondary N) is 1. The molecule has 0 saturated heterocycles. The summed E-state index contributed by atoms with van der Waals surface area (Å²) in [7, 11) is 0. The Morgan fingerprint density at radius 3 is 3.00 bits per heavy atom. The maximum absolute atomic E-state index is 6.03. The van der Waals surface area contributed by atoms with E-state index < -0.39 is 0 Å². The SMILES string of the molecule is Clc1cccc(C=CC2=CCN(Cc3c[nH]c4ncccc34)CC2)c1. The number of fused-ring (bicyclic) bond motifs is 1. The van der Waals surface area contributed by atoms with Crippen molar-refractivity contribution >= 4 is 28.7 Å². The fourth-order valence-electron chi connectivity index (χ4n) is 3.22. The van der Waals surface area contributed by atoms with Gasteiger partial charge in [0.2, 0.25) is 0 Å². The molecule has 2 aromatic heterocycles. The molecule has 0 aliphatic carbocycles. The first-order chi connectivity index (χ1) is 12.3. The smallest absolute Gasteiger partial charge is 0.137 e. The van der Waals surface area contributed by atoms with Gasteiger partial charge in [-0.15, -0.1) is 0 Å². The highest BCUT2D eigenvalue weighted by Crippen LogP contribution is 2.21. The van der Waals surface area contributed by atoms with Crippen molar-refractivity contribution in [3.8, 4) is 0 Å². The van der Waals surface area contributed by atoms with E-state index in [4.69, 9.17) is 11.6 Å². The van der Waals surface area contributed by atoms with E-state index in [0.29, 0.717) is 0 Å². The number of pyridine rings is 1. The number of halogens is 1. The van der Waals surface area contributed by atoms with Crippen molar-refractivity contribution in [3.05, 3.63) is 82.7 Å². The third kappa shape index (κ3) is 3.84. The van der Waals surface area contributed by atoms with Crippen LogP contribution in [0.3, 0.4) is 0 Å². The summed E-state index contributed by atoms with van der Waals surface area (Å²) >= 11 is 6.03. The van der Waals surface area contributed by atoms with Gasteiger partial charge >= 0.3 is 0 Å². The average Bonchev–Trinajstić information content (AvgIpc) is 3.04. The first-order valence-electron chi connectivity index (χ1n) is 8.54. The molecule has 0 amide bonds. The Hall–Kier alpha value is -2.36. The largest absolute Gasteiger partial charge is 0.346 e. The lowest BCUT2D eigenvalue weighted by molar-refractivity contribution is 0.288. The van der Waals surface area contributed by atoms with Gasteiger partial charge in [0.15, 0.2) is 0 Å². The lowest BCUT2D eigenvalue weighted by atomic mass is 10.1. The molecular formula is C21H20ClN3. The Balaban J connectivity index is 1.40. The van der Waals surface area contributed by atoms with Crippen LogP contribution in [0.1, 0.15) is 17.5 Å². The fraction of sp³-hybridized carbons (Fsp3) is 0.190. The molecule has 0 fully saturated rings. The summed E-state index contributed by atoms with van der Waals surface area (Å²) in [5.74, 6) is 0. The van der Waals surface area contributed by atoms with Crippen LogP contribution in [0.5, 0.6) is 0 Å². The minimum atomic E-state index is 0.777. The molecule has 3 heterocycles. The third-order valence-corrected chi connectivity index (χ3v) is 4.83. The summed E-state index contributed by atoms with van der Waals surface area (Å²) in [6, 6.07) is 12.1. The number of aromatic amines is 1.